The molecule has 4 nitrogen and oxygen atoms in total. The van der Waals surface area contributed by atoms with Crippen LogP contribution in [0.2, 0.25) is 0 Å². The van der Waals surface area contributed by atoms with Crippen molar-refractivity contribution < 1.29 is 13.2 Å². The van der Waals surface area contributed by atoms with Gasteiger partial charge >= 0.3 is 0 Å². The van der Waals surface area contributed by atoms with Gasteiger partial charge in [-0.2, -0.15) is 0 Å². The van der Waals surface area contributed by atoms with Gasteiger partial charge in [-0.1, -0.05) is 13.0 Å². The number of rotatable bonds is 5. The quantitative estimate of drug-likeness (QED) is 0.775. The summed E-state index contributed by atoms with van der Waals surface area (Å²) in [6, 6.07) is 2.16. The minimum atomic E-state index is -2.89. The van der Waals surface area contributed by atoms with E-state index in [4.69, 9.17) is 0 Å². The summed E-state index contributed by atoms with van der Waals surface area (Å²) in [6.45, 7) is 11.2. The van der Waals surface area contributed by atoms with Gasteiger partial charge in [0, 0.05) is 18.2 Å². The summed E-state index contributed by atoms with van der Waals surface area (Å²) < 4.78 is 23.5. The molecule has 1 saturated heterocycles. The Morgan fingerprint density at radius 1 is 1.26 bits per heavy atom. The van der Waals surface area contributed by atoms with Crippen LogP contribution in [0.3, 0.4) is 0 Å². The largest absolute Gasteiger partial charge is 0.295 e. The van der Waals surface area contributed by atoms with Gasteiger partial charge in [0.2, 0.25) is 0 Å². The summed E-state index contributed by atoms with van der Waals surface area (Å²) >= 11 is 0. The summed E-state index contributed by atoms with van der Waals surface area (Å²) in [6.07, 6.45) is 0.708. The second kappa shape index (κ2) is 6.73. The number of carbonyl (C=O) groups excluding carboxylic acids is 1. The van der Waals surface area contributed by atoms with Crippen molar-refractivity contribution in [1.82, 2.24) is 4.90 Å². The fourth-order valence-electron chi connectivity index (χ4n) is 3.78. The molecule has 1 aliphatic heterocycles. The molecule has 0 amide bonds. The fraction of sp³-hybridized carbons (Fsp3) is 0.611. The molecule has 0 aliphatic carbocycles. The highest BCUT2D eigenvalue weighted by atomic mass is 32.2. The number of benzene rings is 1. The lowest BCUT2D eigenvalue weighted by Crippen LogP contribution is -2.36. The predicted octanol–water partition coefficient (Wildman–Crippen LogP) is 2.82. The van der Waals surface area contributed by atoms with E-state index in [1.807, 2.05) is 13.8 Å². The molecule has 1 atom stereocenters. The lowest BCUT2D eigenvalue weighted by atomic mass is 9.91. The third-order valence-corrected chi connectivity index (χ3v) is 6.73. The third-order valence-electron chi connectivity index (χ3n) is 4.98. The lowest BCUT2D eigenvalue weighted by Gasteiger charge is -2.29. The van der Waals surface area contributed by atoms with E-state index in [2.05, 4.69) is 24.8 Å². The van der Waals surface area contributed by atoms with Crippen molar-refractivity contribution in [3.05, 3.63) is 33.9 Å². The molecule has 0 unspecified atom stereocenters. The first-order chi connectivity index (χ1) is 10.7. The van der Waals surface area contributed by atoms with E-state index in [1.54, 1.807) is 6.92 Å². The van der Waals surface area contributed by atoms with Gasteiger partial charge in [-0.05, 0) is 62.9 Å². The summed E-state index contributed by atoms with van der Waals surface area (Å²) in [5, 5.41) is 0. The Kier molecular flexibility index (Phi) is 5.31. The number of hydrogen-bond donors (Lipinski definition) is 0. The van der Waals surface area contributed by atoms with Crippen molar-refractivity contribution >= 4 is 15.6 Å². The number of sulfone groups is 1. The third kappa shape index (κ3) is 3.83. The number of aryl methyl sites for hydroxylation is 2. The smallest absolute Gasteiger partial charge is 0.160 e. The number of Topliss-reactive ketones (excluding diaryl/α,β-unsaturated/α-hetero) is 1. The molecular weight excluding hydrogens is 310 g/mol. The van der Waals surface area contributed by atoms with Crippen LogP contribution in [-0.2, 0) is 16.4 Å². The van der Waals surface area contributed by atoms with Crippen LogP contribution in [0.4, 0.5) is 0 Å². The molecule has 128 valence electrons. The van der Waals surface area contributed by atoms with Gasteiger partial charge in [-0.15, -0.1) is 0 Å². The van der Waals surface area contributed by atoms with Crippen LogP contribution in [0.25, 0.3) is 0 Å². The highest BCUT2D eigenvalue weighted by Crippen LogP contribution is 2.26. The molecule has 5 heteroatoms. The van der Waals surface area contributed by atoms with Crippen LogP contribution in [-0.4, -0.2) is 43.2 Å². The first kappa shape index (κ1) is 18.1. The molecule has 0 bridgehead atoms. The van der Waals surface area contributed by atoms with E-state index in [0.717, 1.165) is 28.8 Å². The van der Waals surface area contributed by atoms with Crippen molar-refractivity contribution in [2.45, 2.75) is 53.6 Å². The zero-order chi connectivity index (χ0) is 17.4. The average Bonchev–Trinajstić information content (AvgIpc) is 2.78. The molecular formula is C18H27NO3S. The SMILES string of the molecule is CCN(Cc1c(C)cc(C)c(C(C)=O)c1C)[C@H]1CCS(=O)(=O)C1. The topological polar surface area (TPSA) is 54.5 Å². The van der Waals surface area contributed by atoms with E-state index < -0.39 is 9.84 Å². The first-order valence-electron chi connectivity index (χ1n) is 8.21. The van der Waals surface area contributed by atoms with Crippen molar-refractivity contribution in [3.63, 3.8) is 0 Å². The molecule has 0 radical (unpaired) electrons. The van der Waals surface area contributed by atoms with Gasteiger partial charge in [0.05, 0.1) is 11.5 Å². The highest BCUT2D eigenvalue weighted by molar-refractivity contribution is 7.91. The molecule has 1 fully saturated rings. The maximum atomic E-state index is 12.0. The highest BCUT2D eigenvalue weighted by Gasteiger charge is 2.32. The number of nitrogens with zero attached hydrogens (tertiary/aromatic N) is 1. The van der Waals surface area contributed by atoms with Crippen LogP contribution >= 0.6 is 0 Å². The minimum Gasteiger partial charge on any atom is -0.295 e. The first-order valence-corrected chi connectivity index (χ1v) is 10.0. The molecule has 0 spiro atoms. The molecule has 1 aromatic carbocycles. The van der Waals surface area contributed by atoms with Gasteiger partial charge in [0.25, 0.3) is 0 Å². The molecule has 0 saturated carbocycles. The molecule has 0 aromatic heterocycles. The molecule has 1 aliphatic rings. The van der Waals surface area contributed by atoms with Gasteiger partial charge in [-0.25, -0.2) is 8.42 Å². The normalized spacial score (nSPS) is 20.2. The predicted molar refractivity (Wildman–Crippen MR) is 93.8 cm³/mol. The summed E-state index contributed by atoms with van der Waals surface area (Å²) in [7, 11) is -2.89. The Labute approximate surface area is 139 Å². The van der Waals surface area contributed by atoms with Crippen LogP contribution in [0.1, 0.15) is 52.9 Å². The van der Waals surface area contributed by atoms with Gasteiger partial charge in [0.1, 0.15) is 0 Å². The maximum absolute atomic E-state index is 12.0. The van der Waals surface area contributed by atoms with E-state index in [1.165, 1.54) is 5.56 Å². The van der Waals surface area contributed by atoms with Gasteiger partial charge in [-0.3, -0.25) is 9.69 Å². The lowest BCUT2D eigenvalue weighted by molar-refractivity contribution is 0.101. The second-order valence-electron chi connectivity index (χ2n) is 6.67. The van der Waals surface area contributed by atoms with E-state index in [9.17, 15) is 13.2 Å². The molecule has 23 heavy (non-hydrogen) atoms. The van der Waals surface area contributed by atoms with E-state index >= 15 is 0 Å². The maximum Gasteiger partial charge on any atom is 0.160 e. The number of carbonyl (C=O) groups is 1. The van der Waals surface area contributed by atoms with Crippen molar-refractivity contribution in [3.8, 4) is 0 Å². The number of ketones is 1. The number of hydrogen-bond acceptors (Lipinski definition) is 4. The van der Waals surface area contributed by atoms with Crippen molar-refractivity contribution in [2.75, 3.05) is 18.1 Å². The fourth-order valence-corrected chi connectivity index (χ4v) is 5.54. The summed E-state index contributed by atoms with van der Waals surface area (Å²) in [4.78, 5) is 14.2. The van der Waals surface area contributed by atoms with Crippen LogP contribution in [0.15, 0.2) is 6.07 Å². The zero-order valence-electron chi connectivity index (χ0n) is 14.8. The van der Waals surface area contributed by atoms with E-state index in [0.29, 0.717) is 18.7 Å². The zero-order valence-corrected chi connectivity index (χ0v) is 15.6. The second-order valence-corrected chi connectivity index (χ2v) is 8.89. The minimum absolute atomic E-state index is 0.0888. The Bertz CT molecular complexity index is 722. The monoisotopic (exact) mass is 337 g/mol. The van der Waals surface area contributed by atoms with Gasteiger partial charge < -0.3 is 0 Å². The Hall–Kier alpha value is -1.20. The molecule has 1 aromatic rings. The average molecular weight is 337 g/mol. The van der Waals surface area contributed by atoms with E-state index in [-0.39, 0.29) is 17.6 Å². The molecule has 1 heterocycles. The van der Waals surface area contributed by atoms with Crippen molar-refractivity contribution in [2.24, 2.45) is 0 Å². The van der Waals surface area contributed by atoms with Crippen LogP contribution < -0.4 is 0 Å². The van der Waals surface area contributed by atoms with Crippen molar-refractivity contribution in [1.29, 1.82) is 0 Å². The van der Waals surface area contributed by atoms with Crippen LogP contribution in [0, 0.1) is 20.8 Å². The van der Waals surface area contributed by atoms with Crippen LogP contribution in [0.5, 0.6) is 0 Å². The summed E-state index contributed by atoms with van der Waals surface area (Å²) in [5.41, 5.74) is 5.19. The Morgan fingerprint density at radius 3 is 2.39 bits per heavy atom. The molecule has 0 N–H and O–H groups in total. The van der Waals surface area contributed by atoms with Gasteiger partial charge in [0.15, 0.2) is 15.6 Å². The Balaban J connectivity index is 2.35. The standard InChI is InChI=1S/C18H27NO3S/c1-6-19(16-7-8-23(21,22)11-16)10-17-12(2)9-13(3)18(14(17)4)15(5)20/h9,16H,6-8,10-11H2,1-5H3/t16-/m0/s1. The Morgan fingerprint density at radius 2 is 1.91 bits per heavy atom. The molecule has 2 rings (SSSR count). The summed E-state index contributed by atoms with van der Waals surface area (Å²) in [5.74, 6) is 0.635.